The molecule has 0 saturated carbocycles. The van der Waals surface area contributed by atoms with Gasteiger partial charge in [0.25, 0.3) is 0 Å². The maximum absolute atomic E-state index is 11.2. The number of rotatable bonds is 1. The van der Waals surface area contributed by atoms with Crippen molar-refractivity contribution in [2.24, 2.45) is 11.8 Å². The molecule has 16 heavy (non-hydrogen) atoms. The molecule has 0 bridgehead atoms. The largest absolute Gasteiger partial charge is 0.363 e. The number of nitrogens with one attached hydrogen (secondary N) is 1. The molecule has 0 amide bonds. The molecule has 0 spiro atoms. The van der Waals surface area contributed by atoms with E-state index in [1.165, 1.54) is 6.42 Å². The van der Waals surface area contributed by atoms with Crippen LogP contribution in [0.2, 0.25) is 0 Å². The molecule has 2 atom stereocenters. The summed E-state index contributed by atoms with van der Waals surface area (Å²) in [5.74, 6) is 2.02. The third-order valence-electron chi connectivity index (χ3n) is 3.02. The number of aryl methyl sites for hydroxylation is 1. The van der Waals surface area contributed by atoms with Crippen LogP contribution in [0.3, 0.4) is 0 Å². The second-order valence-corrected chi connectivity index (χ2v) is 4.90. The molecule has 5 nitrogen and oxygen atoms in total. The fraction of sp³-hybridized carbons (Fsp3) is 0.727. The van der Waals surface area contributed by atoms with Crippen LogP contribution in [0.5, 0.6) is 0 Å². The molecule has 2 heterocycles. The Bertz CT molecular complexity index is 418. The lowest BCUT2D eigenvalue weighted by Gasteiger charge is -2.35. The fourth-order valence-corrected chi connectivity index (χ4v) is 2.52. The van der Waals surface area contributed by atoms with Crippen molar-refractivity contribution in [1.82, 2.24) is 15.2 Å². The molecule has 1 aromatic rings. The first kappa shape index (κ1) is 11.1. The predicted octanol–water partition coefficient (Wildman–Crippen LogP) is 0.956. The van der Waals surface area contributed by atoms with Gasteiger partial charge in [0.2, 0.25) is 0 Å². The summed E-state index contributed by atoms with van der Waals surface area (Å²) in [5, 5.41) is 6.32. The van der Waals surface area contributed by atoms with Gasteiger partial charge < -0.3 is 4.90 Å². The Labute approximate surface area is 94.9 Å². The van der Waals surface area contributed by atoms with Crippen molar-refractivity contribution in [3.8, 4) is 0 Å². The molecule has 1 N–H and O–H groups in total. The van der Waals surface area contributed by atoms with E-state index in [0.29, 0.717) is 11.8 Å². The first-order valence-corrected chi connectivity index (χ1v) is 5.74. The molecule has 0 aliphatic carbocycles. The lowest BCUT2D eigenvalue weighted by Crippen LogP contribution is -2.40. The summed E-state index contributed by atoms with van der Waals surface area (Å²) in [5.41, 5.74) is 0.423. The Balaban J connectivity index is 2.29. The fourth-order valence-electron chi connectivity index (χ4n) is 2.52. The average molecular weight is 222 g/mol. The van der Waals surface area contributed by atoms with Gasteiger partial charge in [-0.1, -0.05) is 13.8 Å². The smallest absolute Gasteiger partial charge is 0.354 e. The summed E-state index contributed by atoms with van der Waals surface area (Å²) in [6, 6.07) is 0. The Morgan fingerprint density at radius 2 is 1.94 bits per heavy atom. The quantitative estimate of drug-likeness (QED) is 0.768. The molecule has 1 aliphatic heterocycles. The summed E-state index contributed by atoms with van der Waals surface area (Å²) in [6.07, 6.45) is 1.24. The van der Waals surface area contributed by atoms with E-state index in [1.807, 2.05) is 6.92 Å². The molecule has 1 saturated heterocycles. The Kier molecular flexibility index (Phi) is 2.94. The molecule has 5 heteroatoms. The van der Waals surface area contributed by atoms with Crippen LogP contribution in [0, 0.1) is 18.8 Å². The van der Waals surface area contributed by atoms with Crippen LogP contribution in [0.1, 0.15) is 26.0 Å². The van der Waals surface area contributed by atoms with E-state index in [0.717, 1.165) is 24.6 Å². The van der Waals surface area contributed by atoms with E-state index < -0.39 is 0 Å². The standard InChI is InChI=1S/C11H18N4O/c1-7-4-8(2)6-15(5-7)10-9(3)13-14-11(16)12-10/h7-8H,4-6H2,1-3H3,(H,12,14,16)/t7-,8-/m0/s1. The summed E-state index contributed by atoms with van der Waals surface area (Å²) in [7, 11) is 0. The SMILES string of the molecule is Cc1n[nH]c(=O)nc1N1C[C@@H](C)C[C@H](C)C1. The van der Waals surface area contributed by atoms with Crippen molar-refractivity contribution in [3.05, 3.63) is 16.2 Å². The van der Waals surface area contributed by atoms with E-state index in [4.69, 9.17) is 0 Å². The molecule has 2 rings (SSSR count). The van der Waals surface area contributed by atoms with Crippen LogP contribution in [0.15, 0.2) is 4.79 Å². The highest BCUT2D eigenvalue weighted by molar-refractivity contribution is 5.42. The Morgan fingerprint density at radius 1 is 1.31 bits per heavy atom. The van der Waals surface area contributed by atoms with Gasteiger partial charge in [-0.15, -0.1) is 0 Å². The molecule has 0 radical (unpaired) electrons. The molecule has 0 aromatic carbocycles. The average Bonchev–Trinajstić information content (AvgIpc) is 2.20. The van der Waals surface area contributed by atoms with Crippen molar-refractivity contribution in [1.29, 1.82) is 0 Å². The summed E-state index contributed by atoms with van der Waals surface area (Å²) in [4.78, 5) is 17.4. The minimum Gasteiger partial charge on any atom is -0.354 e. The highest BCUT2D eigenvalue weighted by Crippen LogP contribution is 2.25. The zero-order chi connectivity index (χ0) is 11.7. The zero-order valence-electron chi connectivity index (χ0n) is 10.0. The van der Waals surface area contributed by atoms with E-state index in [1.54, 1.807) is 0 Å². The number of aromatic nitrogens is 3. The maximum atomic E-state index is 11.2. The monoisotopic (exact) mass is 222 g/mol. The first-order valence-electron chi connectivity index (χ1n) is 5.74. The van der Waals surface area contributed by atoms with Crippen LogP contribution < -0.4 is 10.6 Å². The normalized spacial score (nSPS) is 25.8. The second kappa shape index (κ2) is 4.23. The van der Waals surface area contributed by atoms with Gasteiger partial charge in [-0.05, 0) is 25.2 Å². The van der Waals surface area contributed by atoms with Crippen molar-refractivity contribution < 1.29 is 0 Å². The third kappa shape index (κ3) is 2.23. The highest BCUT2D eigenvalue weighted by atomic mass is 16.1. The van der Waals surface area contributed by atoms with E-state index >= 15 is 0 Å². The van der Waals surface area contributed by atoms with Crippen molar-refractivity contribution in [3.63, 3.8) is 0 Å². The molecule has 1 fully saturated rings. The minimum atomic E-state index is -0.369. The lowest BCUT2D eigenvalue weighted by atomic mass is 9.92. The molecular weight excluding hydrogens is 204 g/mol. The van der Waals surface area contributed by atoms with Gasteiger partial charge >= 0.3 is 5.69 Å². The summed E-state index contributed by atoms with van der Waals surface area (Å²) in [6.45, 7) is 8.27. The Morgan fingerprint density at radius 3 is 2.56 bits per heavy atom. The predicted molar refractivity (Wildman–Crippen MR) is 62.5 cm³/mol. The van der Waals surface area contributed by atoms with E-state index in [9.17, 15) is 4.79 Å². The number of H-pyrrole nitrogens is 1. The Hall–Kier alpha value is -1.39. The molecular formula is C11H18N4O. The highest BCUT2D eigenvalue weighted by Gasteiger charge is 2.24. The van der Waals surface area contributed by atoms with Crippen molar-refractivity contribution in [2.45, 2.75) is 27.2 Å². The molecule has 1 aliphatic rings. The van der Waals surface area contributed by atoms with Crippen LogP contribution in [0.25, 0.3) is 0 Å². The van der Waals surface area contributed by atoms with Gasteiger partial charge in [0, 0.05) is 13.1 Å². The summed E-state index contributed by atoms with van der Waals surface area (Å²) < 4.78 is 0. The minimum absolute atomic E-state index is 0.369. The number of piperidine rings is 1. The number of nitrogens with zero attached hydrogens (tertiary/aromatic N) is 3. The van der Waals surface area contributed by atoms with Gasteiger partial charge in [-0.2, -0.15) is 10.1 Å². The van der Waals surface area contributed by atoms with Crippen molar-refractivity contribution in [2.75, 3.05) is 18.0 Å². The van der Waals surface area contributed by atoms with Gasteiger partial charge in [-0.3, -0.25) is 0 Å². The molecule has 88 valence electrons. The van der Waals surface area contributed by atoms with Crippen molar-refractivity contribution >= 4 is 5.82 Å². The molecule has 1 aromatic heterocycles. The third-order valence-corrected chi connectivity index (χ3v) is 3.02. The number of hydrogen-bond acceptors (Lipinski definition) is 4. The van der Waals surface area contributed by atoms with Crippen LogP contribution in [-0.4, -0.2) is 28.3 Å². The summed E-state index contributed by atoms with van der Waals surface area (Å²) >= 11 is 0. The van der Waals surface area contributed by atoms with Crippen LogP contribution in [0.4, 0.5) is 5.82 Å². The van der Waals surface area contributed by atoms with Gasteiger partial charge in [-0.25, -0.2) is 9.89 Å². The van der Waals surface area contributed by atoms with E-state index in [2.05, 4.69) is 33.9 Å². The lowest BCUT2D eigenvalue weighted by molar-refractivity contribution is 0.354. The number of anilines is 1. The van der Waals surface area contributed by atoms with E-state index in [-0.39, 0.29) is 5.69 Å². The topological polar surface area (TPSA) is 61.9 Å². The van der Waals surface area contributed by atoms with Crippen LogP contribution >= 0.6 is 0 Å². The zero-order valence-corrected chi connectivity index (χ0v) is 10.0. The van der Waals surface area contributed by atoms with Crippen LogP contribution in [-0.2, 0) is 0 Å². The van der Waals surface area contributed by atoms with Gasteiger partial charge in [0.1, 0.15) is 5.69 Å². The number of aromatic amines is 1. The van der Waals surface area contributed by atoms with Gasteiger partial charge in [0.05, 0.1) is 0 Å². The molecule has 0 unspecified atom stereocenters. The second-order valence-electron chi connectivity index (χ2n) is 4.90. The number of hydrogen-bond donors (Lipinski definition) is 1. The van der Waals surface area contributed by atoms with Gasteiger partial charge in [0.15, 0.2) is 5.82 Å². The maximum Gasteiger partial charge on any atom is 0.363 e. The first-order chi connectivity index (χ1) is 7.56.